The number of hydrogen-bond donors (Lipinski definition) is 1. The molecule has 1 amide bonds. The van der Waals surface area contributed by atoms with Crippen LogP contribution in [0.25, 0.3) is 0 Å². The van der Waals surface area contributed by atoms with Crippen molar-refractivity contribution in [3.8, 4) is 11.5 Å². The molecule has 0 spiro atoms. The highest BCUT2D eigenvalue weighted by Gasteiger charge is 2.33. The Bertz CT molecular complexity index is 779. The summed E-state index contributed by atoms with van der Waals surface area (Å²) in [4.78, 5) is 15.4. The first-order chi connectivity index (χ1) is 11.3. The fourth-order valence-corrected chi connectivity index (χ4v) is 3.24. The SMILES string of the molecule is O=C(Cc1cc2c(cc1Br)OCCO2)Nc1nc(C(F)(F)F)cs1. The van der Waals surface area contributed by atoms with Crippen molar-refractivity contribution < 1.29 is 27.4 Å². The minimum absolute atomic E-state index is 0.0435. The highest BCUT2D eigenvalue weighted by molar-refractivity contribution is 9.10. The van der Waals surface area contributed by atoms with Crippen LogP contribution in [0.1, 0.15) is 11.3 Å². The predicted molar refractivity (Wildman–Crippen MR) is 84.6 cm³/mol. The number of anilines is 1. The molecule has 2 aromatic rings. The first kappa shape index (κ1) is 17.0. The lowest BCUT2D eigenvalue weighted by Crippen LogP contribution is -2.17. The number of rotatable bonds is 3. The fraction of sp³-hybridized carbons (Fsp3) is 0.286. The van der Waals surface area contributed by atoms with Crippen molar-refractivity contribution >= 4 is 38.3 Å². The Kier molecular flexibility index (Phi) is 4.68. The second-order valence-corrected chi connectivity index (χ2v) is 6.56. The van der Waals surface area contributed by atoms with Gasteiger partial charge in [0.1, 0.15) is 13.2 Å². The number of carbonyl (C=O) groups excluding carboxylic acids is 1. The number of ether oxygens (including phenoxy) is 2. The average Bonchev–Trinajstić information content (AvgIpc) is 2.96. The monoisotopic (exact) mass is 422 g/mol. The third-order valence-electron chi connectivity index (χ3n) is 3.10. The largest absolute Gasteiger partial charge is 0.486 e. The molecule has 5 nitrogen and oxygen atoms in total. The van der Waals surface area contributed by atoms with Gasteiger partial charge >= 0.3 is 6.18 Å². The van der Waals surface area contributed by atoms with E-state index < -0.39 is 17.8 Å². The summed E-state index contributed by atoms with van der Waals surface area (Å²) in [6.45, 7) is 0.866. The summed E-state index contributed by atoms with van der Waals surface area (Å²) in [5.41, 5.74) is -0.396. The molecule has 10 heteroatoms. The van der Waals surface area contributed by atoms with E-state index >= 15 is 0 Å². The topological polar surface area (TPSA) is 60.5 Å². The lowest BCUT2D eigenvalue weighted by molar-refractivity contribution is -0.140. The molecule has 0 saturated heterocycles. The van der Waals surface area contributed by atoms with Crippen LogP contribution in [0.3, 0.4) is 0 Å². The van der Waals surface area contributed by atoms with Crippen molar-refractivity contribution in [3.05, 3.63) is 33.2 Å². The zero-order chi connectivity index (χ0) is 17.3. The average molecular weight is 423 g/mol. The van der Waals surface area contributed by atoms with Crippen LogP contribution in [0, 0.1) is 0 Å². The lowest BCUT2D eigenvalue weighted by atomic mass is 10.1. The van der Waals surface area contributed by atoms with Gasteiger partial charge in [-0.2, -0.15) is 13.2 Å². The Hall–Kier alpha value is -1.81. The van der Waals surface area contributed by atoms with E-state index in [2.05, 4.69) is 26.2 Å². The quantitative estimate of drug-likeness (QED) is 0.815. The lowest BCUT2D eigenvalue weighted by Gasteiger charge is -2.19. The van der Waals surface area contributed by atoms with Gasteiger partial charge in [-0.3, -0.25) is 4.79 Å². The molecule has 0 atom stereocenters. The number of thiazole rings is 1. The van der Waals surface area contributed by atoms with Crippen LogP contribution >= 0.6 is 27.3 Å². The normalized spacial score (nSPS) is 13.7. The molecule has 24 heavy (non-hydrogen) atoms. The van der Waals surface area contributed by atoms with Crippen LogP contribution < -0.4 is 14.8 Å². The van der Waals surface area contributed by atoms with Gasteiger partial charge in [0.25, 0.3) is 0 Å². The van der Waals surface area contributed by atoms with Gasteiger partial charge in [0.15, 0.2) is 22.3 Å². The molecule has 0 unspecified atom stereocenters. The number of hydrogen-bond acceptors (Lipinski definition) is 5. The molecule has 1 N–H and O–H groups in total. The minimum atomic E-state index is -4.53. The van der Waals surface area contributed by atoms with Gasteiger partial charge in [0.2, 0.25) is 5.91 Å². The van der Waals surface area contributed by atoms with Crippen LogP contribution in [0.15, 0.2) is 22.0 Å². The van der Waals surface area contributed by atoms with Crippen molar-refractivity contribution in [3.63, 3.8) is 0 Å². The Balaban J connectivity index is 1.70. The Morgan fingerprint density at radius 1 is 1.29 bits per heavy atom. The maximum Gasteiger partial charge on any atom is 0.434 e. The van der Waals surface area contributed by atoms with Gasteiger partial charge in [0.05, 0.1) is 6.42 Å². The highest BCUT2D eigenvalue weighted by atomic mass is 79.9. The number of fused-ring (bicyclic) bond motifs is 1. The number of nitrogens with zero attached hydrogens (tertiary/aromatic N) is 1. The molecule has 1 aliphatic rings. The smallest absolute Gasteiger partial charge is 0.434 e. The van der Waals surface area contributed by atoms with Gasteiger partial charge in [-0.1, -0.05) is 15.9 Å². The summed E-state index contributed by atoms with van der Waals surface area (Å²) in [6, 6.07) is 3.36. The molecule has 2 heterocycles. The van der Waals surface area contributed by atoms with Crippen molar-refractivity contribution in [2.75, 3.05) is 18.5 Å². The number of halogens is 4. The van der Waals surface area contributed by atoms with E-state index in [4.69, 9.17) is 9.47 Å². The van der Waals surface area contributed by atoms with Crippen LogP contribution in [0.2, 0.25) is 0 Å². The van der Waals surface area contributed by atoms with Crippen molar-refractivity contribution in [2.45, 2.75) is 12.6 Å². The standard InChI is InChI=1S/C14H10BrF3N2O3S/c15-8-5-10-9(22-1-2-23-10)3-7(8)4-12(21)20-13-19-11(6-24-13)14(16,17)18/h3,5-6H,1-2,4H2,(H,19,20,21). The van der Waals surface area contributed by atoms with E-state index in [1.165, 1.54) is 0 Å². The van der Waals surface area contributed by atoms with Crippen molar-refractivity contribution in [1.82, 2.24) is 4.98 Å². The fourth-order valence-electron chi connectivity index (χ4n) is 2.04. The van der Waals surface area contributed by atoms with Crippen LogP contribution in [0.4, 0.5) is 18.3 Å². The molecule has 128 valence electrons. The molecule has 1 aliphatic heterocycles. The maximum atomic E-state index is 12.5. The van der Waals surface area contributed by atoms with Crippen LogP contribution in [-0.4, -0.2) is 24.1 Å². The molecule has 0 saturated carbocycles. The Morgan fingerprint density at radius 3 is 2.58 bits per heavy atom. The maximum absolute atomic E-state index is 12.5. The van der Waals surface area contributed by atoms with E-state index in [1.807, 2.05) is 0 Å². The summed E-state index contributed by atoms with van der Waals surface area (Å²) in [7, 11) is 0. The highest BCUT2D eigenvalue weighted by Crippen LogP contribution is 2.36. The van der Waals surface area contributed by atoms with E-state index in [1.54, 1.807) is 12.1 Å². The van der Waals surface area contributed by atoms with E-state index in [0.717, 1.165) is 16.7 Å². The molecular formula is C14H10BrF3N2O3S. The summed E-state index contributed by atoms with van der Waals surface area (Å²) < 4.78 is 49.0. The molecule has 3 rings (SSSR count). The van der Waals surface area contributed by atoms with Crippen LogP contribution in [-0.2, 0) is 17.4 Å². The van der Waals surface area contributed by atoms with Gasteiger partial charge < -0.3 is 14.8 Å². The van der Waals surface area contributed by atoms with Crippen molar-refractivity contribution in [2.24, 2.45) is 0 Å². The number of amides is 1. The molecule has 0 bridgehead atoms. The second kappa shape index (κ2) is 6.60. The number of alkyl halides is 3. The summed E-state index contributed by atoms with van der Waals surface area (Å²) in [6.07, 6.45) is -4.57. The molecule has 1 aromatic heterocycles. The predicted octanol–water partition coefficient (Wildman–Crippen LogP) is 3.88. The first-order valence-electron chi connectivity index (χ1n) is 6.73. The zero-order valence-electron chi connectivity index (χ0n) is 11.9. The molecule has 0 radical (unpaired) electrons. The van der Waals surface area contributed by atoms with Crippen molar-refractivity contribution in [1.29, 1.82) is 0 Å². The Morgan fingerprint density at radius 2 is 1.96 bits per heavy atom. The third-order valence-corrected chi connectivity index (χ3v) is 4.60. The van der Waals surface area contributed by atoms with Gasteiger partial charge in [-0.25, -0.2) is 4.98 Å². The minimum Gasteiger partial charge on any atom is -0.486 e. The van der Waals surface area contributed by atoms with Crippen LogP contribution in [0.5, 0.6) is 11.5 Å². The number of benzene rings is 1. The summed E-state index contributed by atoms with van der Waals surface area (Å²) in [5.74, 6) is 0.628. The molecule has 0 aliphatic carbocycles. The van der Waals surface area contributed by atoms with Gasteiger partial charge in [0, 0.05) is 9.85 Å². The zero-order valence-corrected chi connectivity index (χ0v) is 14.3. The number of nitrogens with one attached hydrogen (secondary N) is 1. The third kappa shape index (κ3) is 3.81. The van der Waals surface area contributed by atoms with Gasteiger partial charge in [-0.05, 0) is 17.7 Å². The van der Waals surface area contributed by atoms with E-state index in [-0.39, 0.29) is 11.6 Å². The second-order valence-electron chi connectivity index (χ2n) is 4.85. The van der Waals surface area contributed by atoms with E-state index in [9.17, 15) is 18.0 Å². The summed E-state index contributed by atoms with van der Waals surface area (Å²) >= 11 is 4.07. The number of aromatic nitrogens is 1. The molecule has 1 aromatic carbocycles. The number of carbonyl (C=O) groups is 1. The first-order valence-corrected chi connectivity index (χ1v) is 8.41. The molecular weight excluding hydrogens is 413 g/mol. The van der Waals surface area contributed by atoms with E-state index in [0.29, 0.717) is 34.7 Å². The van der Waals surface area contributed by atoms with Gasteiger partial charge in [-0.15, -0.1) is 11.3 Å². The summed E-state index contributed by atoms with van der Waals surface area (Å²) in [5, 5.41) is 3.13. The Labute approximate surface area is 146 Å². The molecule has 0 fully saturated rings.